The predicted molar refractivity (Wildman–Crippen MR) is 161 cm³/mol. The number of nitrogens with zero attached hydrogens (tertiary/aromatic N) is 4. The van der Waals surface area contributed by atoms with Crippen molar-refractivity contribution in [2.45, 2.75) is 39.3 Å². The summed E-state index contributed by atoms with van der Waals surface area (Å²) in [5.41, 5.74) is 5.79. The fraction of sp³-hybridized carbons (Fsp3) is 0.250. The number of anilines is 3. The lowest BCUT2D eigenvalue weighted by Gasteiger charge is -2.37. The van der Waals surface area contributed by atoms with E-state index in [-0.39, 0.29) is 23.7 Å². The zero-order valence-corrected chi connectivity index (χ0v) is 23.7. The second kappa shape index (κ2) is 10.9. The molecule has 9 heteroatoms. The molecule has 0 saturated carbocycles. The van der Waals surface area contributed by atoms with Gasteiger partial charge in [-0.2, -0.15) is 5.10 Å². The molecule has 1 amide bonds. The number of rotatable bonds is 6. The number of para-hydroxylation sites is 2. The summed E-state index contributed by atoms with van der Waals surface area (Å²) in [6.07, 6.45) is 4.34. The lowest BCUT2D eigenvalue weighted by atomic mass is 9.73. The maximum Gasteiger partial charge on any atom is 0.243 e. The summed E-state index contributed by atoms with van der Waals surface area (Å²) in [6.45, 7) is 4.87. The second-order valence-corrected chi connectivity index (χ2v) is 11.8. The van der Waals surface area contributed by atoms with Gasteiger partial charge >= 0.3 is 0 Å². The smallest absolute Gasteiger partial charge is 0.243 e. The standard InChI is InChI=1S/C32H31ClN6O2/c1-32(2)15-26-30(28(40)16-32)31(22-9-11-23(33)12-10-22)39(27-6-4-3-5-25(27)37-26)18-29(41)36-24-13-7-21(8-14-24)17-38-20-34-19-35-38/h3-14,19-20,31,37H,15-18H2,1-2H3,(H,36,41). The quantitative estimate of drug-likeness (QED) is 0.287. The highest BCUT2D eigenvalue weighted by Crippen LogP contribution is 2.48. The van der Waals surface area contributed by atoms with Crippen LogP contribution in [0.5, 0.6) is 0 Å². The number of aromatic nitrogens is 3. The number of hydrogen-bond acceptors (Lipinski definition) is 6. The molecule has 1 aliphatic carbocycles. The summed E-state index contributed by atoms with van der Waals surface area (Å²) >= 11 is 6.25. The van der Waals surface area contributed by atoms with Crippen molar-refractivity contribution in [3.63, 3.8) is 0 Å². The van der Waals surface area contributed by atoms with Crippen molar-refractivity contribution in [2.75, 3.05) is 22.1 Å². The van der Waals surface area contributed by atoms with Crippen molar-refractivity contribution >= 4 is 40.4 Å². The Bertz CT molecular complexity index is 1610. The number of hydrogen-bond donors (Lipinski definition) is 2. The third-order valence-corrected chi connectivity index (χ3v) is 7.80. The molecule has 0 radical (unpaired) electrons. The zero-order valence-electron chi connectivity index (χ0n) is 23.0. The summed E-state index contributed by atoms with van der Waals surface area (Å²) in [5.74, 6) is -0.0969. The third-order valence-electron chi connectivity index (χ3n) is 7.55. The molecule has 0 bridgehead atoms. The van der Waals surface area contributed by atoms with Crippen molar-refractivity contribution < 1.29 is 9.59 Å². The van der Waals surface area contributed by atoms with Gasteiger partial charge in [0.15, 0.2) is 5.78 Å². The van der Waals surface area contributed by atoms with E-state index in [0.717, 1.165) is 34.6 Å². The van der Waals surface area contributed by atoms with Crippen LogP contribution >= 0.6 is 11.6 Å². The Morgan fingerprint density at radius 3 is 2.54 bits per heavy atom. The summed E-state index contributed by atoms with van der Waals surface area (Å²) in [5, 5.41) is 11.4. The summed E-state index contributed by atoms with van der Waals surface area (Å²) in [4.78, 5) is 33.4. The molecule has 208 valence electrons. The fourth-order valence-electron chi connectivity index (χ4n) is 5.77. The van der Waals surface area contributed by atoms with E-state index in [1.54, 1.807) is 11.0 Å². The molecule has 0 saturated heterocycles. The molecule has 0 spiro atoms. The van der Waals surface area contributed by atoms with E-state index in [2.05, 4.69) is 34.6 Å². The van der Waals surface area contributed by atoms with Crippen LogP contribution in [0.4, 0.5) is 17.1 Å². The minimum atomic E-state index is -0.460. The Morgan fingerprint density at radius 1 is 1.05 bits per heavy atom. The molecular weight excluding hydrogens is 536 g/mol. The molecule has 41 heavy (non-hydrogen) atoms. The monoisotopic (exact) mass is 566 g/mol. The van der Waals surface area contributed by atoms with Gasteiger partial charge in [0.05, 0.1) is 30.5 Å². The lowest BCUT2D eigenvalue weighted by molar-refractivity contribution is -0.119. The van der Waals surface area contributed by atoms with E-state index in [1.165, 1.54) is 6.33 Å². The topological polar surface area (TPSA) is 92.2 Å². The highest BCUT2D eigenvalue weighted by Gasteiger charge is 2.41. The van der Waals surface area contributed by atoms with Gasteiger partial charge in [-0.25, -0.2) is 9.67 Å². The molecule has 1 atom stereocenters. The van der Waals surface area contributed by atoms with Crippen LogP contribution in [0.2, 0.25) is 5.02 Å². The fourth-order valence-corrected chi connectivity index (χ4v) is 5.90. The minimum Gasteiger partial charge on any atom is -0.357 e. The average Bonchev–Trinajstić information content (AvgIpc) is 3.40. The largest absolute Gasteiger partial charge is 0.357 e. The number of halogens is 1. The van der Waals surface area contributed by atoms with E-state index < -0.39 is 6.04 Å². The molecule has 6 rings (SSSR count). The Kier molecular flexibility index (Phi) is 7.09. The summed E-state index contributed by atoms with van der Waals surface area (Å²) in [7, 11) is 0. The van der Waals surface area contributed by atoms with Gasteiger partial charge in [0, 0.05) is 28.4 Å². The SMILES string of the molecule is CC1(C)CC(=O)C2=C(C1)Nc1ccccc1N(CC(=O)Nc1ccc(Cn3cncn3)cc1)C2c1ccc(Cl)cc1. The van der Waals surface area contributed by atoms with E-state index in [0.29, 0.717) is 29.2 Å². The van der Waals surface area contributed by atoms with Gasteiger partial charge in [0.1, 0.15) is 12.7 Å². The van der Waals surface area contributed by atoms with Gasteiger partial charge in [-0.1, -0.05) is 61.8 Å². The first-order valence-corrected chi connectivity index (χ1v) is 14.0. The van der Waals surface area contributed by atoms with E-state index in [4.69, 9.17) is 11.6 Å². The molecule has 2 heterocycles. The number of nitrogens with one attached hydrogen (secondary N) is 2. The molecule has 1 aromatic heterocycles. The van der Waals surface area contributed by atoms with E-state index >= 15 is 0 Å². The van der Waals surface area contributed by atoms with Crippen LogP contribution in [0.1, 0.15) is 43.9 Å². The number of benzene rings is 3. The summed E-state index contributed by atoms with van der Waals surface area (Å²) in [6, 6.07) is 22.7. The van der Waals surface area contributed by atoms with Gasteiger partial charge < -0.3 is 15.5 Å². The van der Waals surface area contributed by atoms with Crippen LogP contribution in [0.25, 0.3) is 0 Å². The van der Waals surface area contributed by atoms with Crippen LogP contribution in [0.15, 0.2) is 96.7 Å². The molecule has 1 unspecified atom stereocenters. The Morgan fingerprint density at radius 2 is 1.80 bits per heavy atom. The Balaban J connectivity index is 1.34. The zero-order chi connectivity index (χ0) is 28.6. The van der Waals surface area contributed by atoms with Gasteiger partial charge in [-0.05, 0) is 59.4 Å². The number of amides is 1. The van der Waals surface area contributed by atoms with Gasteiger partial charge in [-0.3, -0.25) is 9.59 Å². The van der Waals surface area contributed by atoms with Gasteiger partial charge in [-0.15, -0.1) is 0 Å². The van der Waals surface area contributed by atoms with Crippen LogP contribution in [0.3, 0.4) is 0 Å². The normalized spacial score (nSPS) is 17.8. The van der Waals surface area contributed by atoms with Crippen LogP contribution in [-0.2, 0) is 16.1 Å². The summed E-state index contributed by atoms with van der Waals surface area (Å²) < 4.78 is 1.74. The molecule has 3 aromatic carbocycles. The van der Waals surface area contributed by atoms with Crippen LogP contribution in [-0.4, -0.2) is 33.0 Å². The minimum absolute atomic E-state index is 0.0418. The number of carbonyl (C=O) groups is 2. The van der Waals surface area contributed by atoms with Crippen molar-refractivity contribution in [1.82, 2.24) is 14.8 Å². The highest BCUT2D eigenvalue weighted by atomic mass is 35.5. The Hall–Kier alpha value is -4.43. The number of ketones is 1. The molecule has 8 nitrogen and oxygen atoms in total. The van der Waals surface area contributed by atoms with Gasteiger partial charge in [0.2, 0.25) is 5.91 Å². The number of Topliss-reactive ketones (excluding diaryl/α,β-unsaturated/α-hetero) is 1. The second-order valence-electron chi connectivity index (χ2n) is 11.4. The van der Waals surface area contributed by atoms with Gasteiger partial charge in [0.25, 0.3) is 0 Å². The van der Waals surface area contributed by atoms with Crippen molar-refractivity contribution in [3.8, 4) is 0 Å². The molecular formula is C32H31ClN6O2. The number of carbonyl (C=O) groups excluding carboxylic acids is 2. The number of fused-ring (bicyclic) bond motifs is 1. The average molecular weight is 567 g/mol. The lowest BCUT2D eigenvalue weighted by Crippen LogP contribution is -2.40. The molecule has 2 N–H and O–H groups in total. The van der Waals surface area contributed by atoms with E-state index in [1.807, 2.05) is 77.7 Å². The molecule has 4 aromatic rings. The Labute approximate surface area is 244 Å². The first-order valence-electron chi connectivity index (χ1n) is 13.6. The van der Waals surface area contributed by atoms with Crippen molar-refractivity contribution in [2.24, 2.45) is 5.41 Å². The maximum atomic E-state index is 13.8. The molecule has 0 fully saturated rings. The molecule has 1 aliphatic heterocycles. The van der Waals surface area contributed by atoms with Crippen LogP contribution < -0.4 is 15.5 Å². The first kappa shape index (κ1) is 26.8. The van der Waals surface area contributed by atoms with E-state index in [9.17, 15) is 9.59 Å². The van der Waals surface area contributed by atoms with Crippen LogP contribution in [0, 0.1) is 5.41 Å². The third kappa shape index (κ3) is 5.74. The predicted octanol–water partition coefficient (Wildman–Crippen LogP) is 6.23. The number of allylic oxidation sites excluding steroid dienone is 1. The maximum absolute atomic E-state index is 13.8. The molecule has 2 aliphatic rings. The van der Waals surface area contributed by atoms with Crippen molar-refractivity contribution in [1.29, 1.82) is 0 Å². The van der Waals surface area contributed by atoms with Crippen molar-refractivity contribution in [3.05, 3.63) is 113 Å². The highest BCUT2D eigenvalue weighted by molar-refractivity contribution is 6.30. The first-order chi connectivity index (χ1) is 19.8.